The largest absolute Gasteiger partial charge is 0.371 e. The zero-order chi connectivity index (χ0) is 17.0. The molecule has 4 aliphatic rings. The van der Waals surface area contributed by atoms with Crippen molar-refractivity contribution in [3.8, 4) is 10.6 Å². The van der Waals surface area contributed by atoms with Gasteiger partial charge in [0.25, 0.3) is 0 Å². The van der Waals surface area contributed by atoms with Crippen molar-refractivity contribution in [3.63, 3.8) is 0 Å². The van der Waals surface area contributed by atoms with Crippen LogP contribution >= 0.6 is 11.3 Å². The molecule has 0 unspecified atom stereocenters. The van der Waals surface area contributed by atoms with E-state index in [1.807, 2.05) is 6.07 Å². The van der Waals surface area contributed by atoms with Crippen molar-refractivity contribution in [2.75, 3.05) is 31.6 Å². The smallest absolute Gasteiger partial charge is 0.180 e. The number of likely N-dealkylation sites (tertiary alicyclic amines) is 1. The Bertz CT molecular complexity index is 974. The molecule has 0 bridgehead atoms. The van der Waals surface area contributed by atoms with E-state index in [4.69, 9.17) is 4.98 Å². The first-order chi connectivity index (χ1) is 12.1. The van der Waals surface area contributed by atoms with Gasteiger partial charge in [0.05, 0.1) is 20.8 Å². The zero-order valence-electron chi connectivity index (χ0n) is 14.4. The third-order valence-electron chi connectivity index (χ3n) is 6.12. The Kier molecular flexibility index (Phi) is 3.37. The molecule has 2 fully saturated rings. The summed E-state index contributed by atoms with van der Waals surface area (Å²) in [6.45, 7) is 3.48. The highest BCUT2D eigenvalue weighted by Gasteiger charge is 2.44. The third kappa shape index (κ3) is 2.45. The van der Waals surface area contributed by atoms with E-state index < -0.39 is 0 Å². The molecule has 1 aromatic rings. The van der Waals surface area contributed by atoms with Gasteiger partial charge in [-0.3, -0.25) is 4.79 Å². The molecule has 0 radical (unpaired) electrons. The van der Waals surface area contributed by atoms with Crippen molar-refractivity contribution in [2.24, 2.45) is 0 Å². The van der Waals surface area contributed by atoms with Gasteiger partial charge in [0, 0.05) is 36.9 Å². The fourth-order valence-electron chi connectivity index (χ4n) is 4.25. The molecule has 0 N–H and O–H groups in total. The fraction of sp³-hybridized carbons (Fsp3) is 0.400. The monoisotopic (exact) mass is 351 g/mol. The van der Waals surface area contributed by atoms with Gasteiger partial charge in [0.1, 0.15) is 0 Å². The van der Waals surface area contributed by atoms with Gasteiger partial charge in [-0.05, 0) is 56.6 Å². The summed E-state index contributed by atoms with van der Waals surface area (Å²) in [5.74, 6) is 0. The summed E-state index contributed by atoms with van der Waals surface area (Å²) in [7, 11) is 2.26. The van der Waals surface area contributed by atoms with E-state index in [1.54, 1.807) is 23.5 Å². The highest BCUT2D eigenvalue weighted by molar-refractivity contribution is 7.21. The number of piperidine rings is 1. The summed E-state index contributed by atoms with van der Waals surface area (Å²) >= 11 is 1.66. The van der Waals surface area contributed by atoms with Crippen LogP contribution in [0.2, 0.25) is 0 Å². The molecule has 0 atom stereocenters. The van der Waals surface area contributed by atoms with Crippen LogP contribution in [0.15, 0.2) is 41.2 Å². The lowest BCUT2D eigenvalue weighted by Crippen LogP contribution is -2.62. The van der Waals surface area contributed by atoms with Gasteiger partial charge in [0.2, 0.25) is 0 Å². The molecule has 2 saturated heterocycles. The predicted molar refractivity (Wildman–Crippen MR) is 104 cm³/mol. The number of benzene rings is 2. The second kappa shape index (κ2) is 5.51. The fourth-order valence-corrected chi connectivity index (χ4v) is 5.28. The van der Waals surface area contributed by atoms with Gasteiger partial charge < -0.3 is 9.80 Å². The molecule has 128 valence electrons. The molecule has 5 heteroatoms. The Hall–Kier alpha value is -1.98. The topological polar surface area (TPSA) is 36.4 Å². The second-order valence-corrected chi connectivity index (χ2v) is 8.46. The number of fused-ring (bicyclic) bond motifs is 2. The highest BCUT2D eigenvalue weighted by Crippen LogP contribution is 2.40. The number of hydrogen-bond donors (Lipinski definition) is 0. The molecule has 0 saturated carbocycles. The number of aromatic nitrogens is 1. The minimum Gasteiger partial charge on any atom is -0.371 e. The Labute approximate surface area is 151 Å². The average molecular weight is 351 g/mol. The zero-order valence-corrected chi connectivity index (χ0v) is 15.2. The molecule has 1 aliphatic carbocycles. The van der Waals surface area contributed by atoms with E-state index in [-0.39, 0.29) is 5.43 Å². The predicted octanol–water partition coefficient (Wildman–Crippen LogP) is 3.44. The number of hydrogen-bond acceptors (Lipinski definition) is 5. The summed E-state index contributed by atoms with van der Waals surface area (Å²) in [6.07, 6.45) is 3.85. The first-order valence-corrected chi connectivity index (χ1v) is 9.76. The van der Waals surface area contributed by atoms with Crippen molar-refractivity contribution in [2.45, 2.75) is 24.8 Å². The van der Waals surface area contributed by atoms with Crippen molar-refractivity contribution in [1.29, 1.82) is 0 Å². The normalized spacial score (nSPS) is 20.3. The van der Waals surface area contributed by atoms with E-state index in [0.29, 0.717) is 5.54 Å². The van der Waals surface area contributed by atoms with E-state index in [1.165, 1.54) is 31.5 Å². The minimum absolute atomic E-state index is 0.0481. The maximum Gasteiger partial charge on any atom is 0.180 e. The number of anilines is 1. The quantitative estimate of drug-likeness (QED) is 0.629. The van der Waals surface area contributed by atoms with Crippen LogP contribution in [0.1, 0.15) is 19.3 Å². The van der Waals surface area contributed by atoms with Gasteiger partial charge >= 0.3 is 0 Å². The molecule has 25 heavy (non-hydrogen) atoms. The van der Waals surface area contributed by atoms with E-state index in [2.05, 4.69) is 35.0 Å². The van der Waals surface area contributed by atoms with Crippen LogP contribution in [-0.2, 0) is 0 Å². The van der Waals surface area contributed by atoms with Crippen molar-refractivity contribution >= 4 is 27.2 Å². The molecular weight excluding hydrogens is 330 g/mol. The van der Waals surface area contributed by atoms with Gasteiger partial charge in [-0.2, -0.15) is 0 Å². The van der Waals surface area contributed by atoms with Crippen LogP contribution in [0, 0.1) is 0 Å². The van der Waals surface area contributed by atoms with Crippen molar-refractivity contribution in [3.05, 3.63) is 46.6 Å². The molecule has 4 nitrogen and oxygen atoms in total. The summed E-state index contributed by atoms with van der Waals surface area (Å²) < 4.78 is 1.15. The first kappa shape index (κ1) is 15.3. The van der Waals surface area contributed by atoms with Gasteiger partial charge in [-0.1, -0.05) is 0 Å². The minimum atomic E-state index is 0.0481. The van der Waals surface area contributed by atoms with E-state index in [0.717, 1.165) is 33.9 Å². The van der Waals surface area contributed by atoms with Crippen molar-refractivity contribution < 1.29 is 0 Å². The van der Waals surface area contributed by atoms with Gasteiger partial charge in [0.15, 0.2) is 5.43 Å². The molecular formula is C20H21N3OS. The van der Waals surface area contributed by atoms with Crippen LogP contribution in [-0.4, -0.2) is 42.1 Å². The molecule has 1 spiro atoms. The summed E-state index contributed by atoms with van der Waals surface area (Å²) in [5.41, 5.74) is 3.70. The van der Waals surface area contributed by atoms with E-state index in [9.17, 15) is 4.79 Å². The Balaban J connectivity index is 1.47. The van der Waals surface area contributed by atoms with Crippen LogP contribution in [0.25, 0.3) is 20.8 Å². The second-order valence-electron chi connectivity index (χ2n) is 7.38. The maximum absolute atomic E-state index is 11.6. The SMILES string of the molecule is CN1CCC12CCN(c1ccc3nc4ccc(=O)cc-4sc3c1)CC2. The summed E-state index contributed by atoms with van der Waals surface area (Å²) in [6, 6.07) is 11.6. The van der Waals surface area contributed by atoms with Crippen LogP contribution < -0.4 is 10.3 Å². The average Bonchev–Trinajstić information content (AvgIpc) is 2.65. The molecule has 5 rings (SSSR count). The number of rotatable bonds is 1. The Morgan fingerprint density at radius 2 is 1.84 bits per heavy atom. The third-order valence-corrected chi connectivity index (χ3v) is 7.21. The van der Waals surface area contributed by atoms with Gasteiger partial charge in [-0.15, -0.1) is 11.3 Å². The Morgan fingerprint density at radius 1 is 1.04 bits per heavy atom. The van der Waals surface area contributed by atoms with Crippen molar-refractivity contribution in [1.82, 2.24) is 9.88 Å². The van der Waals surface area contributed by atoms with Crippen LogP contribution in [0.4, 0.5) is 5.69 Å². The lowest BCUT2D eigenvalue weighted by atomic mass is 9.77. The van der Waals surface area contributed by atoms with Crippen LogP contribution in [0.3, 0.4) is 0 Å². The maximum atomic E-state index is 11.6. The lowest BCUT2D eigenvalue weighted by molar-refractivity contribution is -0.00915. The van der Waals surface area contributed by atoms with Gasteiger partial charge in [-0.25, -0.2) is 4.98 Å². The highest BCUT2D eigenvalue weighted by atomic mass is 32.1. The molecule has 3 heterocycles. The summed E-state index contributed by atoms with van der Waals surface area (Å²) in [4.78, 5) is 22.3. The molecule has 3 aliphatic heterocycles. The molecule has 0 aromatic heterocycles. The van der Waals surface area contributed by atoms with Crippen LogP contribution in [0.5, 0.6) is 0 Å². The lowest BCUT2D eigenvalue weighted by Gasteiger charge is -2.55. The molecule has 0 amide bonds. The number of nitrogens with zero attached hydrogens (tertiary/aromatic N) is 3. The molecule has 1 aromatic carbocycles. The van der Waals surface area contributed by atoms with E-state index >= 15 is 0 Å². The standard InChI is InChI=1S/C20H21N3OS/c1-22-9-6-20(22)7-10-23(11-8-20)14-2-4-16-18(12-14)25-19-13-15(24)3-5-17(19)21-16/h2-5,12-13H,6-11H2,1H3. The Morgan fingerprint density at radius 3 is 2.56 bits per heavy atom. The summed E-state index contributed by atoms with van der Waals surface area (Å²) in [5, 5.41) is 0. The first-order valence-electron chi connectivity index (χ1n) is 8.94.